The molecule has 1 amide bonds. The Bertz CT molecular complexity index is 879. The van der Waals surface area contributed by atoms with Crippen molar-refractivity contribution in [2.45, 2.75) is 46.0 Å². The molecular formula is C21H24N2OS. The Labute approximate surface area is 153 Å². The minimum Gasteiger partial charge on any atom is -0.302 e. The average molecular weight is 353 g/mol. The minimum absolute atomic E-state index is 0.0274. The van der Waals surface area contributed by atoms with Gasteiger partial charge in [0.25, 0.3) is 0 Å². The van der Waals surface area contributed by atoms with E-state index in [1.54, 1.807) is 0 Å². The van der Waals surface area contributed by atoms with Crippen LogP contribution in [0.4, 0.5) is 5.13 Å². The summed E-state index contributed by atoms with van der Waals surface area (Å²) in [6.07, 6.45) is 0.367. The van der Waals surface area contributed by atoms with E-state index in [2.05, 4.69) is 62.3 Å². The van der Waals surface area contributed by atoms with Crippen molar-refractivity contribution in [2.24, 2.45) is 0 Å². The summed E-state index contributed by atoms with van der Waals surface area (Å²) in [5.74, 6) is 0.958. The first-order valence-corrected chi connectivity index (χ1v) is 9.53. The number of carbonyl (C=O) groups is 1. The number of fused-ring (bicyclic) bond motifs is 1. The zero-order valence-electron chi connectivity index (χ0n) is 15.2. The maximum absolute atomic E-state index is 12.3. The van der Waals surface area contributed by atoms with Crippen molar-refractivity contribution in [3.63, 3.8) is 0 Å². The normalized spacial score (nSPS) is 11.4. The number of thiazole rings is 1. The zero-order valence-corrected chi connectivity index (χ0v) is 16.0. The molecule has 0 aliphatic heterocycles. The van der Waals surface area contributed by atoms with Gasteiger partial charge in [0.15, 0.2) is 5.13 Å². The van der Waals surface area contributed by atoms with E-state index < -0.39 is 0 Å². The molecule has 1 aromatic heterocycles. The Morgan fingerprint density at radius 2 is 1.64 bits per heavy atom. The lowest BCUT2D eigenvalue weighted by Crippen LogP contribution is -2.14. The molecule has 0 atom stereocenters. The highest BCUT2D eigenvalue weighted by molar-refractivity contribution is 7.22. The third-order valence-electron chi connectivity index (χ3n) is 4.34. The van der Waals surface area contributed by atoms with E-state index in [4.69, 9.17) is 0 Å². The van der Waals surface area contributed by atoms with Crippen LogP contribution < -0.4 is 5.32 Å². The van der Waals surface area contributed by atoms with E-state index in [-0.39, 0.29) is 5.91 Å². The molecule has 0 saturated carbocycles. The second kappa shape index (κ2) is 7.36. The number of nitrogens with one attached hydrogen (secondary N) is 1. The largest absolute Gasteiger partial charge is 0.302 e. The van der Waals surface area contributed by atoms with Crippen LogP contribution in [-0.2, 0) is 11.2 Å². The van der Waals surface area contributed by atoms with Crippen LogP contribution in [0.25, 0.3) is 10.2 Å². The van der Waals surface area contributed by atoms with Crippen molar-refractivity contribution in [1.82, 2.24) is 4.98 Å². The van der Waals surface area contributed by atoms with Gasteiger partial charge in [-0.2, -0.15) is 0 Å². The van der Waals surface area contributed by atoms with Crippen LogP contribution in [0.2, 0.25) is 0 Å². The molecule has 25 heavy (non-hydrogen) atoms. The van der Waals surface area contributed by atoms with Crippen LogP contribution in [0.3, 0.4) is 0 Å². The number of nitrogens with zero attached hydrogens (tertiary/aromatic N) is 1. The fourth-order valence-electron chi connectivity index (χ4n) is 2.72. The molecule has 0 radical (unpaired) electrons. The molecule has 0 unspecified atom stereocenters. The fourth-order valence-corrected chi connectivity index (χ4v) is 3.65. The average Bonchev–Trinajstić information content (AvgIpc) is 2.96. The lowest BCUT2D eigenvalue weighted by molar-refractivity contribution is -0.115. The first-order chi connectivity index (χ1) is 11.9. The predicted molar refractivity (Wildman–Crippen MR) is 107 cm³/mol. The van der Waals surface area contributed by atoms with Gasteiger partial charge in [-0.25, -0.2) is 4.98 Å². The van der Waals surface area contributed by atoms with E-state index in [0.717, 1.165) is 15.8 Å². The lowest BCUT2D eigenvalue weighted by atomic mass is 10.0. The second-order valence-corrected chi connectivity index (χ2v) is 8.05. The lowest BCUT2D eigenvalue weighted by Gasteiger charge is -2.06. The highest BCUT2D eigenvalue weighted by Gasteiger charge is 2.10. The van der Waals surface area contributed by atoms with Crippen molar-refractivity contribution >= 4 is 32.6 Å². The smallest absolute Gasteiger partial charge is 0.230 e. The molecular weight excluding hydrogens is 328 g/mol. The quantitative estimate of drug-likeness (QED) is 0.637. The van der Waals surface area contributed by atoms with E-state index in [1.165, 1.54) is 22.5 Å². The number of hydrogen-bond acceptors (Lipinski definition) is 3. The Kier molecular flexibility index (Phi) is 5.19. The van der Waals surface area contributed by atoms with Gasteiger partial charge in [0.2, 0.25) is 5.91 Å². The van der Waals surface area contributed by atoms with Crippen molar-refractivity contribution in [1.29, 1.82) is 0 Å². The SMILES string of the molecule is CC(C)c1ccc(CC(=O)Nc2nc3ccc(C(C)C)cc3s2)cc1. The number of hydrogen-bond donors (Lipinski definition) is 1. The Morgan fingerprint density at radius 1 is 1.00 bits per heavy atom. The summed E-state index contributed by atoms with van der Waals surface area (Å²) >= 11 is 1.53. The fraction of sp³-hybridized carbons (Fsp3) is 0.333. The molecule has 3 nitrogen and oxygen atoms in total. The van der Waals surface area contributed by atoms with Gasteiger partial charge in [0.05, 0.1) is 16.6 Å². The zero-order chi connectivity index (χ0) is 18.0. The Morgan fingerprint density at radius 3 is 2.28 bits per heavy atom. The third-order valence-corrected chi connectivity index (χ3v) is 5.27. The van der Waals surface area contributed by atoms with Crippen LogP contribution in [0.1, 0.15) is 56.2 Å². The molecule has 4 heteroatoms. The first kappa shape index (κ1) is 17.6. The molecule has 0 aliphatic carbocycles. The highest BCUT2D eigenvalue weighted by atomic mass is 32.1. The highest BCUT2D eigenvalue weighted by Crippen LogP contribution is 2.29. The van der Waals surface area contributed by atoms with E-state index >= 15 is 0 Å². The van der Waals surface area contributed by atoms with Crippen molar-refractivity contribution in [3.05, 3.63) is 59.2 Å². The predicted octanol–water partition coefficient (Wildman–Crippen LogP) is 5.72. The second-order valence-electron chi connectivity index (χ2n) is 7.02. The van der Waals surface area contributed by atoms with Gasteiger partial charge in [-0.05, 0) is 40.7 Å². The van der Waals surface area contributed by atoms with Crippen LogP contribution in [-0.4, -0.2) is 10.9 Å². The molecule has 3 rings (SSSR count). The van der Waals surface area contributed by atoms with Gasteiger partial charge in [-0.15, -0.1) is 0 Å². The molecule has 130 valence electrons. The van der Waals surface area contributed by atoms with Crippen LogP contribution >= 0.6 is 11.3 Å². The maximum Gasteiger partial charge on any atom is 0.230 e. The first-order valence-electron chi connectivity index (χ1n) is 8.71. The van der Waals surface area contributed by atoms with Crippen molar-refractivity contribution in [2.75, 3.05) is 5.32 Å². The summed E-state index contributed by atoms with van der Waals surface area (Å²) in [7, 11) is 0. The molecule has 0 aliphatic rings. The molecule has 0 saturated heterocycles. The van der Waals surface area contributed by atoms with Gasteiger partial charge < -0.3 is 5.32 Å². The van der Waals surface area contributed by atoms with Crippen molar-refractivity contribution < 1.29 is 4.79 Å². The topological polar surface area (TPSA) is 42.0 Å². The molecule has 0 bridgehead atoms. The molecule has 3 aromatic rings. The van der Waals surface area contributed by atoms with Gasteiger partial charge in [-0.3, -0.25) is 4.79 Å². The van der Waals surface area contributed by atoms with Gasteiger partial charge in [-0.1, -0.05) is 69.4 Å². The standard InChI is InChI=1S/C21H24N2OS/c1-13(2)16-7-5-15(6-8-16)11-20(24)23-21-22-18-10-9-17(14(3)4)12-19(18)25-21/h5-10,12-14H,11H2,1-4H3,(H,22,23,24). The number of carbonyl (C=O) groups excluding carboxylic acids is 1. The number of anilines is 1. The van der Waals surface area contributed by atoms with Crippen LogP contribution in [0.15, 0.2) is 42.5 Å². The van der Waals surface area contributed by atoms with E-state index in [0.29, 0.717) is 23.4 Å². The summed E-state index contributed by atoms with van der Waals surface area (Å²) < 4.78 is 1.11. The molecule has 0 spiro atoms. The summed E-state index contributed by atoms with van der Waals surface area (Å²) in [6.45, 7) is 8.68. The van der Waals surface area contributed by atoms with E-state index in [1.807, 2.05) is 18.2 Å². The Hall–Kier alpha value is -2.20. The van der Waals surface area contributed by atoms with E-state index in [9.17, 15) is 4.79 Å². The van der Waals surface area contributed by atoms with Crippen LogP contribution in [0, 0.1) is 0 Å². The minimum atomic E-state index is -0.0274. The molecule has 2 aromatic carbocycles. The number of benzene rings is 2. The maximum atomic E-state index is 12.3. The third kappa shape index (κ3) is 4.26. The summed E-state index contributed by atoms with van der Waals surface area (Å²) in [4.78, 5) is 16.8. The molecule has 1 N–H and O–H groups in total. The van der Waals surface area contributed by atoms with Gasteiger partial charge in [0, 0.05) is 0 Å². The molecule has 1 heterocycles. The number of rotatable bonds is 5. The number of aromatic nitrogens is 1. The summed E-state index contributed by atoms with van der Waals surface area (Å²) in [5, 5.41) is 3.60. The number of amides is 1. The van der Waals surface area contributed by atoms with Gasteiger partial charge in [0.1, 0.15) is 0 Å². The summed E-state index contributed by atoms with van der Waals surface area (Å²) in [6, 6.07) is 14.6. The van der Waals surface area contributed by atoms with Crippen molar-refractivity contribution in [3.8, 4) is 0 Å². The van der Waals surface area contributed by atoms with Gasteiger partial charge >= 0.3 is 0 Å². The monoisotopic (exact) mass is 352 g/mol. The molecule has 0 fully saturated rings. The van der Waals surface area contributed by atoms with Crippen LogP contribution in [0.5, 0.6) is 0 Å². The Balaban J connectivity index is 1.69. The summed E-state index contributed by atoms with van der Waals surface area (Å²) in [5.41, 5.74) is 4.53.